The molecule has 3 rings (SSSR count). The Balaban J connectivity index is 1.53. The van der Waals surface area contributed by atoms with Crippen LogP contribution in [0.15, 0.2) is 54.6 Å². The van der Waals surface area contributed by atoms with Crippen molar-refractivity contribution >= 4 is 0 Å². The summed E-state index contributed by atoms with van der Waals surface area (Å²) in [6, 6.07) is 19.2. The monoisotopic (exact) mass is 310 g/mol. The predicted octanol–water partition coefficient (Wildman–Crippen LogP) is 3.48. The number of hydrogen-bond acceptors (Lipinski definition) is 3. The third kappa shape index (κ3) is 4.57. The molecule has 2 unspecified atom stereocenters. The van der Waals surface area contributed by atoms with E-state index in [0.717, 1.165) is 18.8 Å². The average molecular weight is 310 g/mol. The Morgan fingerprint density at radius 1 is 1.00 bits per heavy atom. The predicted molar refractivity (Wildman–Crippen MR) is 94.2 cm³/mol. The highest BCUT2D eigenvalue weighted by Gasteiger charge is 2.25. The lowest BCUT2D eigenvalue weighted by Gasteiger charge is -2.19. The van der Waals surface area contributed by atoms with E-state index >= 15 is 0 Å². The Hall–Kier alpha value is -1.84. The van der Waals surface area contributed by atoms with Crippen molar-refractivity contribution in [1.82, 2.24) is 5.32 Å². The lowest BCUT2D eigenvalue weighted by atomic mass is 10.0. The highest BCUT2D eigenvalue weighted by Crippen LogP contribution is 2.25. The van der Waals surface area contributed by atoms with E-state index in [1.54, 1.807) is 0 Å². The average Bonchev–Trinajstić information content (AvgIpc) is 3.07. The van der Waals surface area contributed by atoms with Crippen molar-refractivity contribution in [3.63, 3.8) is 0 Å². The van der Waals surface area contributed by atoms with Crippen LogP contribution in [0.5, 0.6) is 5.75 Å². The Morgan fingerprint density at radius 2 is 1.83 bits per heavy atom. The largest absolute Gasteiger partial charge is 0.489 e. The second-order valence-electron chi connectivity index (χ2n) is 6.34. The van der Waals surface area contributed by atoms with Crippen molar-refractivity contribution in [3.05, 3.63) is 65.7 Å². The molecule has 1 aliphatic carbocycles. The van der Waals surface area contributed by atoms with Crippen LogP contribution >= 0.6 is 0 Å². The molecule has 3 nitrogen and oxygen atoms in total. The number of nitrogens with two attached hydrogens (primary N) is 1. The highest BCUT2D eigenvalue weighted by molar-refractivity contribution is 5.29. The van der Waals surface area contributed by atoms with E-state index in [0.29, 0.717) is 18.6 Å². The summed E-state index contributed by atoms with van der Waals surface area (Å²) in [5, 5.41) is 3.66. The van der Waals surface area contributed by atoms with E-state index in [1.807, 2.05) is 24.3 Å². The lowest BCUT2D eigenvalue weighted by Crippen LogP contribution is -2.35. The SMILES string of the molecule is NCC1CCCC1NCc1cccc(OCc2ccccc2)c1. The van der Waals surface area contributed by atoms with Gasteiger partial charge in [-0.05, 0) is 48.6 Å². The van der Waals surface area contributed by atoms with Crippen LogP contribution in [0.1, 0.15) is 30.4 Å². The number of benzene rings is 2. The third-order valence-corrected chi connectivity index (χ3v) is 4.68. The second-order valence-corrected chi connectivity index (χ2v) is 6.34. The summed E-state index contributed by atoms with van der Waals surface area (Å²) in [6.07, 6.45) is 3.79. The molecule has 3 N–H and O–H groups in total. The molecule has 1 aliphatic rings. The van der Waals surface area contributed by atoms with Gasteiger partial charge in [-0.1, -0.05) is 48.9 Å². The molecule has 0 aromatic heterocycles. The first kappa shape index (κ1) is 16.0. The van der Waals surface area contributed by atoms with Gasteiger partial charge in [0.15, 0.2) is 0 Å². The Bertz CT molecular complexity index is 600. The first-order valence-corrected chi connectivity index (χ1v) is 8.54. The number of ether oxygens (including phenoxy) is 1. The van der Waals surface area contributed by atoms with Crippen LogP contribution in [0.25, 0.3) is 0 Å². The fraction of sp³-hybridized carbons (Fsp3) is 0.400. The molecule has 23 heavy (non-hydrogen) atoms. The maximum Gasteiger partial charge on any atom is 0.120 e. The summed E-state index contributed by atoms with van der Waals surface area (Å²) >= 11 is 0. The first-order chi connectivity index (χ1) is 11.3. The smallest absolute Gasteiger partial charge is 0.120 e. The molecule has 2 aromatic carbocycles. The van der Waals surface area contributed by atoms with Crippen molar-refractivity contribution < 1.29 is 4.74 Å². The summed E-state index contributed by atoms with van der Waals surface area (Å²) in [6.45, 7) is 2.27. The number of hydrogen-bond donors (Lipinski definition) is 2. The van der Waals surface area contributed by atoms with Gasteiger partial charge in [0.2, 0.25) is 0 Å². The minimum absolute atomic E-state index is 0.564. The zero-order valence-corrected chi connectivity index (χ0v) is 13.6. The maximum absolute atomic E-state index is 5.90. The summed E-state index contributed by atoms with van der Waals surface area (Å²) < 4.78 is 5.90. The van der Waals surface area contributed by atoms with E-state index < -0.39 is 0 Å². The molecule has 122 valence electrons. The van der Waals surface area contributed by atoms with E-state index in [9.17, 15) is 0 Å². The van der Waals surface area contributed by atoms with Gasteiger partial charge in [0.1, 0.15) is 12.4 Å². The fourth-order valence-corrected chi connectivity index (χ4v) is 3.32. The fourth-order valence-electron chi connectivity index (χ4n) is 3.32. The van der Waals surface area contributed by atoms with Gasteiger partial charge in [-0.2, -0.15) is 0 Å². The standard InChI is InChI=1S/C20H26N2O/c21-13-18-9-5-11-20(18)22-14-17-8-4-10-19(12-17)23-15-16-6-2-1-3-7-16/h1-4,6-8,10,12,18,20,22H,5,9,11,13-15,21H2. The van der Waals surface area contributed by atoms with Crippen LogP contribution in [0, 0.1) is 5.92 Å². The third-order valence-electron chi connectivity index (χ3n) is 4.68. The molecular formula is C20H26N2O. The van der Waals surface area contributed by atoms with Gasteiger partial charge in [0.25, 0.3) is 0 Å². The van der Waals surface area contributed by atoms with Crippen LogP contribution < -0.4 is 15.8 Å². The zero-order valence-electron chi connectivity index (χ0n) is 13.6. The van der Waals surface area contributed by atoms with Gasteiger partial charge < -0.3 is 15.8 Å². The van der Waals surface area contributed by atoms with Crippen molar-refractivity contribution in [1.29, 1.82) is 0 Å². The van der Waals surface area contributed by atoms with Crippen LogP contribution in [-0.4, -0.2) is 12.6 Å². The van der Waals surface area contributed by atoms with Gasteiger partial charge in [-0.3, -0.25) is 0 Å². The van der Waals surface area contributed by atoms with E-state index in [4.69, 9.17) is 10.5 Å². The van der Waals surface area contributed by atoms with Gasteiger partial charge in [-0.15, -0.1) is 0 Å². The molecule has 0 amide bonds. The molecule has 2 atom stereocenters. The van der Waals surface area contributed by atoms with Gasteiger partial charge in [0, 0.05) is 12.6 Å². The minimum atomic E-state index is 0.564. The Kier molecular flexibility index (Phi) is 5.67. The molecule has 0 spiro atoms. The molecule has 1 fully saturated rings. The molecular weight excluding hydrogens is 284 g/mol. The van der Waals surface area contributed by atoms with E-state index in [2.05, 4.69) is 35.6 Å². The van der Waals surface area contributed by atoms with Crippen molar-refractivity contribution in [2.24, 2.45) is 11.7 Å². The zero-order chi connectivity index (χ0) is 15.9. The van der Waals surface area contributed by atoms with Crippen molar-refractivity contribution in [2.75, 3.05) is 6.54 Å². The molecule has 0 aliphatic heterocycles. The summed E-state index contributed by atoms with van der Waals surface area (Å²) in [5.41, 5.74) is 8.30. The molecule has 0 heterocycles. The maximum atomic E-state index is 5.90. The van der Waals surface area contributed by atoms with E-state index in [-0.39, 0.29) is 0 Å². The topological polar surface area (TPSA) is 47.3 Å². The van der Waals surface area contributed by atoms with Crippen LogP contribution in [0.4, 0.5) is 0 Å². The highest BCUT2D eigenvalue weighted by atomic mass is 16.5. The normalized spacial score (nSPS) is 20.6. The first-order valence-electron chi connectivity index (χ1n) is 8.54. The second kappa shape index (κ2) is 8.14. The molecule has 3 heteroatoms. The molecule has 0 bridgehead atoms. The summed E-state index contributed by atoms with van der Waals surface area (Å²) in [5.74, 6) is 1.56. The summed E-state index contributed by atoms with van der Waals surface area (Å²) in [7, 11) is 0. The van der Waals surface area contributed by atoms with Crippen molar-refractivity contribution in [3.8, 4) is 5.75 Å². The van der Waals surface area contributed by atoms with Gasteiger partial charge >= 0.3 is 0 Å². The van der Waals surface area contributed by atoms with Crippen LogP contribution in [0.2, 0.25) is 0 Å². The number of rotatable bonds is 7. The molecule has 0 saturated heterocycles. The molecule has 0 radical (unpaired) electrons. The van der Waals surface area contributed by atoms with Gasteiger partial charge in [-0.25, -0.2) is 0 Å². The lowest BCUT2D eigenvalue weighted by molar-refractivity contribution is 0.305. The molecule has 2 aromatic rings. The quantitative estimate of drug-likeness (QED) is 0.823. The number of nitrogens with one attached hydrogen (secondary N) is 1. The van der Waals surface area contributed by atoms with Crippen LogP contribution in [-0.2, 0) is 13.2 Å². The van der Waals surface area contributed by atoms with E-state index in [1.165, 1.54) is 30.4 Å². The van der Waals surface area contributed by atoms with Gasteiger partial charge in [0.05, 0.1) is 0 Å². The Morgan fingerprint density at radius 3 is 2.65 bits per heavy atom. The summed E-state index contributed by atoms with van der Waals surface area (Å²) in [4.78, 5) is 0. The van der Waals surface area contributed by atoms with Crippen molar-refractivity contribution in [2.45, 2.75) is 38.5 Å². The van der Waals surface area contributed by atoms with Crippen LogP contribution in [0.3, 0.4) is 0 Å². The minimum Gasteiger partial charge on any atom is -0.489 e. The molecule has 1 saturated carbocycles. The Labute approximate surface area is 138 Å².